The monoisotopic (exact) mass is 428 g/mol. The predicted molar refractivity (Wildman–Crippen MR) is 127 cm³/mol. The zero-order valence-corrected chi connectivity index (χ0v) is 18.0. The highest BCUT2D eigenvalue weighted by molar-refractivity contribution is 6.02. The van der Waals surface area contributed by atoms with Crippen LogP contribution in [0.5, 0.6) is 5.75 Å². The smallest absolute Gasteiger partial charge is 0.255 e. The van der Waals surface area contributed by atoms with E-state index in [1.165, 1.54) is 5.69 Å². The average molecular weight is 429 g/mol. The summed E-state index contributed by atoms with van der Waals surface area (Å²) in [6.07, 6.45) is -0.399. The third kappa shape index (κ3) is 4.01. The van der Waals surface area contributed by atoms with E-state index in [4.69, 9.17) is 0 Å². The maximum atomic E-state index is 12.8. The summed E-state index contributed by atoms with van der Waals surface area (Å²) in [6, 6.07) is 25.5. The molecule has 1 saturated heterocycles. The summed E-state index contributed by atoms with van der Waals surface area (Å²) in [6.45, 7) is 5.63. The molecule has 1 fully saturated rings. The van der Waals surface area contributed by atoms with E-state index in [9.17, 15) is 9.90 Å². The molecule has 2 heterocycles. The molecule has 1 atom stereocenters. The van der Waals surface area contributed by atoms with E-state index in [1.807, 2.05) is 36.4 Å². The van der Waals surface area contributed by atoms with Gasteiger partial charge in [0.05, 0.1) is 11.3 Å². The van der Waals surface area contributed by atoms with Crippen molar-refractivity contribution in [2.24, 2.45) is 0 Å². The third-order valence-electron chi connectivity index (χ3n) is 6.42. The molecule has 32 heavy (non-hydrogen) atoms. The van der Waals surface area contributed by atoms with E-state index < -0.39 is 6.17 Å². The van der Waals surface area contributed by atoms with Crippen molar-refractivity contribution in [2.45, 2.75) is 6.17 Å². The van der Waals surface area contributed by atoms with Crippen molar-refractivity contribution < 1.29 is 9.90 Å². The van der Waals surface area contributed by atoms with Gasteiger partial charge in [-0.25, -0.2) is 0 Å². The van der Waals surface area contributed by atoms with E-state index in [0.717, 1.165) is 45.0 Å². The first-order valence-corrected chi connectivity index (χ1v) is 11.2. The molecule has 3 aromatic carbocycles. The molecule has 6 nitrogen and oxygen atoms in total. The molecule has 0 radical (unpaired) electrons. The minimum Gasteiger partial charge on any atom is -0.508 e. The first-order valence-electron chi connectivity index (χ1n) is 11.2. The molecule has 0 saturated carbocycles. The number of carbonyl (C=O) groups excluding carboxylic acids is 1. The molecule has 6 heteroatoms. The van der Waals surface area contributed by atoms with Gasteiger partial charge in [0.1, 0.15) is 11.9 Å². The second-order valence-corrected chi connectivity index (χ2v) is 8.31. The van der Waals surface area contributed by atoms with E-state index in [0.29, 0.717) is 11.1 Å². The van der Waals surface area contributed by atoms with Crippen LogP contribution in [0.3, 0.4) is 0 Å². The summed E-state index contributed by atoms with van der Waals surface area (Å²) < 4.78 is 0. The van der Waals surface area contributed by atoms with Crippen LogP contribution in [-0.4, -0.2) is 55.2 Å². The van der Waals surface area contributed by atoms with Crippen molar-refractivity contribution >= 4 is 17.3 Å². The van der Waals surface area contributed by atoms with Crippen molar-refractivity contribution in [3.8, 4) is 5.75 Å². The lowest BCUT2D eigenvalue weighted by atomic mass is 10.0. The minimum absolute atomic E-state index is 0.110. The van der Waals surface area contributed by atoms with E-state index in [2.05, 4.69) is 50.3 Å². The lowest BCUT2D eigenvalue weighted by Crippen LogP contribution is -2.52. The molecule has 2 aliphatic heterocycles. The summed E-state index contributed by atoms with van der Waals surface area (Å²) in [5.41, 5.74) is 3.57. The highest BCUT2D eigenvalue weighted by Crippen LogP contribution is 2.35. The number of carbonyl (C=O) groups is 1. The minimum atomic E-state index is -0.399. The molecule has 0 bridgehead atoms. The number of fused-ring (bicyclic) bond motifs is 1. The van der Waals surface area contributed by atoms with Gasteiger partial charge in [0.2, 0.25) is 0 Å². The molecule has 2 aliphatic rings. The fourth-order valence-electron chi connectivity index (χ4n) is 4.67. The number of para-hydroxylation sites is 3. The molecular weight excluding hydrogens is 400 g/mol. The Kier molecular flexibility index (Phi) is 5.69. The SMILES string of the molecule is O=C1NC(c2ccccc2O)N(CCN2CCN(c3ccccc3)CC2)c2ccccc21. The van der Waals surface area contributed by atoms with Gasteiger partial charge in [0.25, 0.3) is 5.91 Å². The number of rotatable bonds is 5. The number of nitrogens with one attached hydrogen (secondary N) is 1. The molecular formula is C26H28N4O2. The van der Waals surface area contributed by atoms with Crippen LogP contribution in [-0.2, 0) is 0 Å². The third-order valence-corrected chi connectivity index (χ3v) is 6.42. The van der Waals surface area contributed by atoms with E-state index in [-0.39, 0.29) is 11.7 Å². The zero-order chi connectivity index (χ0) is 21.9. The van der Waals surface area contributed by atoms with Gasteiger partial charge in [-0.2, -0.15) is 0 Å². The van der Waals surface area contributed by atoms with Gasteiger partial charge in [-0.3, -0.25) is 9.69 Å². The molecule has 5 rings (SSSR count). The Bertz CT molecular complexity index is 1080. The van der Waals surface area contributed by atoms with E-state index >= 15 is 0 Å². The van der Waals surface area contributed by atoms with Crippen LogP contribution in [0, 0.1) is 0 Å². The van der Waals surface area contributed by atoms with Crippen LogP contribution < -0.4 is 15.1 Å². The number of anilines is 2. The quantitative estimate of drug-likeness (QED) is 0.652. The topological polar surface area (TPSA) is 59.1 Å². The van der Waals surface area contributed by atoms with Crippen LogP contribution in [0.4, 0.5) is 11.4 Å². The predicted octanol–water partition coefficient (Wildman–Crippen LogP) is 3.46. The second-order valence-electron chi connectivity index (χ2n) is 8.31. The fourth-order valence-corrected chi connectivity index (χ4v) is 4.67. The summed E-state index contributed by atoms with van der Waals surface area (Å²) in [5.74, 6) is 0.0836. The fraction of sp³-hybridized carbons (Fsp3) is 0.269. The number of benzene rings is 3. The molecule has 3 aromatic rings. The normalized spacial score (nSPS) is 18.9. The van der Waals surface area contributed by atoms with Crippen molar-refractivity contribution in [1.82, 2.24) is 10.2 Å². The summed E-state index contributed by atoms with van der Waals surface area (Å²) in [5, 5.41) is 13.6. The van der Waals surface area contributed by atoms with Gasteiger partial charge in [0.15, 0.2) is 0 Å². The van der Waals surface area contributed by atoms with Gasteiger partial charge in [-0.1, -0.05) is 48.5 Å². The number of aromatic hydroxyl groups is 1. The molecule has 0 aliphatic carbocycles. The average Bonchev–Trinajstić information content (AvgIpc) is 2.85. The van der Waals surface area contributed by atoms with Gasteiger partial charge in [-0.15, -0.1) is 0 Å². The number of phenolic OH excluding ortho intramolecular Hbond substituents is 1. The Balaban J connectivity index is 1.32. The highest BCUT2D eigenvalue weighted by Gasteiger charge is 2.33. The first-order chi connectivity index (χ1) is 15.7. The molecule has 1 unspecified atom stereocenters. The largest absolute Gasteiger partial charge is 0.508 e. The van der Waals surface area contributed by atoms with Crippen molar-refractivity contribution in [3.05, 3.63) is 90.0 Å². The summed E-state index contributed by atoms with van der Waals surface area (Å²) in [7, 11) is 0. The van der Waals surface area contributed by atoms with Crippen LogP contribution in [0.15, 0.2) is 78.9 Å². The standard InChI is InChI=1S/C26H28N4O2/c31-24-13-7-5-11-22(24)25-27-26(32)21-10-4-6-12-23(21)30(25)19-16-28-14-17-29(18-15-28)20-8-2-1-3-9-20/h1-13,25,31H,14-19H2,(H,27,32). The molecule has 164 valence electrons. The summed E-state index contributed by atoms with van der Waals surface area (Å²) >= 11 is 0. The maximum absolute atomic E-state index is 12.8. The first kappa shape index (κ1) is 20.4. The van der Waals surface area contributed by atoms with Crippen molar-refractivity contribution in [1.29, 1.82) is 0 Å². The Hall–Kier alpha value is -3.51. The molecule has 0 aromatic heterocycles. The lowest BCUT2D eigenvalue weighted by Gasteiger charge is -2.41. The van der Waals surface area contributed by atoms with E-state index in [1.54, 1.807) is 12.1 Å². The maximum Gasteiger partial charge on any atom is 0.255 e. The number of amides is 1. The van der Waals surface area contributed by atoms with Crippen molar-refractivity contribution in [3.63, 3.8) is 0 Å². The Labute approximate surface area is 188 Å². The van der Waals surface area contributed by atoms with Crippen LogP contribution >= 0.6 is 0 Å². The van der Waals surface area contributed by atoms with Gasteiger partial charge in [-0.05, 0) is 30.3 Å². The van der Waals surface area contributed by atoms with Gasteiger partial charge in [0, 0.05) is 50.5 Å². The van der Waals surface area contributed by atoms with Crippen LogP contribution in [0.1, 0.15) is 22.1 Å². The molecule has 2 N–H and O–H groups in total. The Morgan fingerprint density at radius 2 is 1.50 bits per heavy atom. The zero-order valence-electron chi connectivity index (χ0n) is 18.0. The molecule has 1 amide bonds. The van der Waals surface area contributed by atoms with Crippen LogP contribution in [0.25, 0.3) is 0 Å². The molecule has 0 spiro atoms. The summed E-state index contributed by atoms with van der Waals surface area (Å²) in [4.78, 5) is 19.9. The second kappa shape index (κ2) is 8.93. The highest BCUT2D eigenvalue weighted by atomic mass is 16.3. The number of hydrogen-bond donors (Lipinski definition) is 2. The van der Waals surface area contributed by atoms with Gasteiger partial charge < -0.3 is 20.2 Å². The Morgan fingerprint density at radius 3 is 2.28 bits per heavy atom. The number of piperazine rings is 1. The van der Waals surface area contributed by atoms with Crippen LogP contribution in [0.2, 0.25) is 0 Å². The number of hydrogen-bond acceptors (Lipinski definition) is 5. The number of phenols is 1. The van der Waals surface area contributed by atoms with Gasteiger partial charge >= 0.3 is 0 Å². The van der Waals surface area contributed by atoms with Crippen molar-refractivity contribution in [2.75, 3.05) is 49.1 Å². The lowest BCUT2D eigenvalue weighted by molar-refractivity contribution is 0.0925. The number of nitrogens with zero attached hydrogens (tertiary/aromatic N) is 3. The Morgan fingerprint density at radius 1 is 0.812 bits per heavy atom.